The molecule has 0 aromatic rings. The predicted molar refractivity (Wildman–Crippen MR) is 62.3 cm³/mol. The van der Waals surface area contributed by atoms with Crippen molar-refractivity contribution >= 4 is 5.91 Å². The van der Waals surface area contributed by atoms with E-state index in [0.717, 1.165) is 25.9 Å². The van der Waals surface area contributed by atoms with Gasteiger partial charge in [0.25, 0.3) is 5.91 Å². The van der Waals surface area contributed by atoms with E-state index >= 15 is 0 Å². The first kappa shape index (κ1) is 13.4. The molecule has 0 spiro atoms. The highest BCUT2D eigenvalue weighted by Crippen LogP contribution is 2.21. The van der Waals surface area contributed by atoms with E-state index in [1.165, 1.54) is 0 Å². The Morgan fingerprint density at radius 2 is 2.31 bits per heavy atom. The molecule has 0 aromatic heterocycles. The fraction of sp³-hybridized carbons (Fsp3) is 0.909. The Hall–Kier alpha value is -0.650. The first-order valence-electron chi connectivity index (χ1n) is 5.95. The number of amides is 1. The SMILES string of the molecule is CC(C)C(C(=O)NN)N1CCCC(CO)C1. The van der Waals surface area contributed by atoms with Gasteiger partial charge in [-0.05, 0) is 31.2 Å². The monoisotopic (exact) mass is 229 g/mol. The van der Waals surface area contributed by atoms with Crippen molar-refractivity contribution < 1.29 is 9.90 Å². The summed E-state index contributed by atoms with van der Waals surface area (Å²) >= 11 is 0. The van der Waals surface area contributed by atoms with Crippen LogP contribution in [0.25, 0.3) is 0 Å². The minimum Gasteiger partial charge on any atom is -0.396 e. The summed E-state index contributed by atoms with van der Waals surface area (Å²) in [7, 11) is 0. The molecule has 0 aliphatic carbocycles. The summed E-state index contributed by atoms with van der Waals surface area (Å²) in [4.78, 5) is 13.8. The lowest BCUT2D eigenvalue weighted by Gasteiger charge is -2.38. The van der Waals surface area contributed by atoms with E-state index in [2.05, 4.69) is 10.3 Å². The Labute approximate surface area is 97.0 Å². The third kappa shape index (κ3) is 3.17. The van der Waals surface area contributed by atoms with Crippen molar-refractivity contribution in [3.05, 3.63) is 0 Å². The third-order valence-electron chi connectivity index (χ3n) is 3.24. The molecule has 5 heteroatoms. The van der Waals surface area contributed by atoms with E-state index in [1.807, 2.05) is 13.8 Å². The van der Waals surface area contributed by atoms with Gasteiger partial charge in [0.1, 0.15) is 0 Å². The first-order valence-corrected chi connectivity index (χ1v) is 5.95. The van der Waals surface area contributed by atoms with Crippen LogP contribution in [0.5, 0.6) is 0 Å². The van der Waals surface area contributed by atoms with Gasteiger partial charge >= 0.3 is 0 Å². The Morgan fingerprint density at radius 3 is 2.81 bits per heavy atom. The number of aliphatic hydroxyl groups is 1. The Morgan fingerprint density at radius 1 is 1.62 bits per heavy atom. The summed E-state index contributed by atoms with van der Waals surface area (Å²) < 4.78 is 0. The molecule has 1 aliphatic heterocycles. The molecular weight excluding hydrogens is 206 g/mol. The average Bonchev–Trinajstić information content (AvgIpc) is 2.29. The molecule has 2 unspecified atom stereocenters. The standard InChI is InChI=1S/C11H23N3O2/c1-8(2)10(11(16)13-12)14-5-3-4-9(6-14)7-15/h8-10,15H,3-7,12H2,1-2H3,(H,13,16). The molecule has 4 N–H and O–H groups in total. The highest BCUT2D eigenvalue weighted by atomic mass is 16.3. The normalized spacial score (nSPS) is 24.4. The van der Waals surface area contributed by atoms with Crippen LogP contribution in [-0.4, -0.2) is 41.7 Å². The van der Waals surface area contributed by atoms with Gasteiger partial charge in [-0.25, -0.2) is 5.84 Å². The van der Waals surface area contributed by atoms with E-state index < -0.39 is 0 Å². The van der Waals surface area contributed by atoms with Crippen LogP contribution in [-0.2, 0) is 4.79 Å². The molecule has 1 saturated heterocycles. The van der Waals surface area contributed by atoms with Crippen LogP contribution in [0.15, 0.2) is 0 Å². The second-order valence-corrected chi connectivity index (χ2v) is 4.88. The Bertz CT molecular complexity index is 233. The molecule has 16 heavy (non-hydrogen) atoms. The maximum absolute atomic E-state index is 11.7. The zero-order chi connectivity index (χ0) is 12.1. The number of carbonyl (C=O) groups is 1. The summed E-state index contributed by atoms with van der Waals surface area (Å²) in [6.45, 7) is 5.93. The highest BCUT2D eigenvalue weighted by molar-refractivity contribution is 5.81. The summed E-state index contributed by atoms with van der Waals surface area (Å²) in [6.07, 6.45) is 2.08. The summed E-state index contributed by atoms with van der Waals surface area (Å²) in [5.74, 6) is 5.59. The van der Waals surface area contributed by atoms with E-state index in [1.54, 1.807) is 0 Å². The van der Waals surface area contributed by atoms with Gasteiger partial charge in [0, 0.05) is 13.2 Å². The van der Waals surface area contributed by atoms with Crippen molar-refractivity contribution in [3.8, 4) is 0 Å². The van der Waals surface area contributed by atoms with Gasteiger partial charge < -0.3 is 5.11 Å². The second-order valence-electron chi connectivity index (χ2n) is 4.88. The number of nitrogens with one attached hydrogen (secondary N) is 1. The lowest BCUT2D eigenvalue weighted by molar-refractivity contribution is -0.129. The fourth-order valence-electron chi connectivity index (χ4n) is 2.47. The number of carbonyl (C=O) groups excluding carboxylic acids is 1. The molecule has 2 atom stereocenters. The topological polar surface area (TPSA) is 78.6 Å². The van der Waals surface area contributed by atoms with Crippen molar-refractivity contribution in [2.24, 2.45) is 17.7 Å². The number of aliphatic hydroxyl groups excluding tert-OH is 1. The number of hydrogen-bond donors (Lipinski definition) is 3. The van der Waals surface area contributed by atoms with Crippen LogP contribution in [0.1, 0.15) is 26.7 Å². The Balaban J connectivity index is 2.66. The zero-order valence-electron chi connectivity index (χ0n) is 10.1. The van der Waals surface area contributed by atoms with Crippen LogP contribution >= 0.6 is 0 Å². The number of hydrazine groups is 1. The molecule has 5 nitrogen and oxygen atoms in total. The Kier molecular flexibility index (Phi) is 5.18. The first-order chi connectivity index (χ1) is 7.60. The molecule has 0 saturated carbocycles. The van der Waals surface area contributed by atoms with Gasteiger partial charge in [-0.1, -0.05) is 13.8 Å². The summed E-state index contributed by atoms with van der Waals surface area (Å²) in [5, 5.41) is 9.17. The molecule has 0 radical (unpaired) electrons. The number of likely N-dealkylation sites (tertiary alicyclic amines) is 1. The van der Waals surface area contributed by atoms with Crippen molar-refractivity contribution in [2.75, 3.05) is 19.7 Å². The van der Waals surface area contributed by atoms with Gasteiger partial charge in [-0.15, -0.1) is 0 Å². The number of piperidine rings is 1. The largest absolute Gasteiger partial charge is 0.396 e. The molecule has 1 heterocycles. The molecule has 1 rings (SSSR count). The minimum atomic E-state index is -0.181. The van der Waals surface area contributed by atoms with Crippen LogP contribution in [0.4, 0.5) is 0 Å². The molecule has 94 valence electrons. The molecular formula is C11H23N3O2. The molecule has 0 aromatic carbocycles. The van der Waals surface area contributed by atoms with E-state index in [4.69, 9.17) is 5.84 Å². The van der Waals surface area contributed by atoms with Crippen LogP contribution in [0, 0.1) is 11.8 Å². The fourth-order valence-corrected chi connectivity index (χ4v) is 2.47. The van der Waals surface area contributed by atoms with E-state index in [0.29, 0.717) is 5.92 Å². The predicted octanol–water partition coefficient (Wildman–Crippen LogP) is -0.295. The van der Waals surface area contributed by atoms with Gasteiger partial charge in [-0.2, -0.15) is 0 Å². The third-order valence-corrected chi connectivity index (χ3v) is 3.24. The molecule has 1 aliphatic rings. The second kappa shape index (κ2) is 6.18. The van der Waals surface area contributed by atoms with E-state index in [-0.39, 0.29) is 24.5 Å². The van der Waals surface area contributed by atoms with Crippen LogP contribution < -0.4 is 11.3 Å². The van der Waals surface area contributed by atoms with Crippen molar-refractivity contribution in [1.29, 1.82) is 0 Å². The minimum absolute atomic E-state index is 0.131. The summed E-state index contributed by atoms with van der Waals surface area (Å²) in [5.41, 5.74) is 2.23. The number of nitrogens with two attached hydrogens (primary N) is 1. The number of nitrogens with zero attached hydrogens (tertiary/aromatic N) is 1. The van der Waals surface area contributed by atoms with Crippen molar-refractivity contribution in [3.63, 3.8) is 0 Å². The van der Waals surface area contributed by atoms with Crippen molar-refractivity contribution in [1.82, 2.24) is 10.3 Å². The maximum Gasteiger partial charge on any atom is 0.251 e. The smallest absolute Gasteiger partial charge is 0.251 e. The van der Waals surface area contributed by atoms with E-state index in [9.17, 15) is 9.90 Å². The quantitative estimate of drug-likeness (QED) is 0.351. The van der Waals surface area contributed by atoms with Gasteiger partial charge in [0.15, 0.2) is 0 Å². The van der Waals surface area contributed by atoms with Crippen LogP contribution in [0.3, 0.4) is 0 Å². The van der Waals surface area contributed by atoms with Gasteiger partial charge in [0.2, 0.25) is 0 Å². The zero-order valence-corrected chi connectivity index (χ0v) is 10.1. The maximum atomic E-state index is 11.7. The molecule has 1 amide bonds. The number of rotatable bonds is 4. The van der Waals surface area contributed by atoms with Gasteiger partial charge in [0.05, 0.1) is 6.04 Å². The highest BCUT2D eigenvalue weighted by Gasteiger charge is 2.31. The number of hydrogen-bond acceptors (Lipinski definition) is 4. The average molecular weight is 229 g/mol. The lowest BCUT2D eigenvalue weighted by Crippen LogP contribution is -2.54. The summed E-state index contributed by atoms with van der Waals surface area (Å²) in [6, 6.07) is -0.181. The molecule has 0 bridgehead atoms. The van der Waals surface area contributed by atoms with Gasteiger partial charge in [-0.3, -0.25) is 15.1 Å². The molecule has 1 fully saturated rings. The van der Waals surface area contributed by atoms with Crippen molar-refractivity contribution in [2.45, 2.75) is 32.7 Å². The lowest BCUT2D eigenvalue weighted by atomic mass is 9.94. The van der Waals surface area contributed by atoms with Crippen LogP contribution in [0.2, 0.25) is 0 Å².